The highest BCUT2D eigenvalue weighted by atomic mass is 19.2. The van der Waals surface area contributed by atoms with Gasteiger partial charge < -0.3 is 19.8 Å². The second kappa shape index (κ2) is 5.60. The minimum Gasteiger partial charge on any atom is -0.503 e. The Bertz CT molecular complexity index is 607. The lowest BCUT2D eigenvalue weighted by Crippen LogP contribution is -2.48. The number of amides is 1. The Kier molecular flexibility index (Phi) is 4.03. The number of carbonyl (C=O) groups excluding carboxylic acids is 1. The van der Waals surface area contributed by atoms with Gasteiger partial charge in [0.1, 0.15) is 0 Å². The molecule has 1 unspecified atom stereocenters. The molecule has 1 amide bonds. The number of phenolic OH excluding ortho intramolecular Hbond substituents is 1. The van der Waals surface area contributed by atoms with Gasteiger partial charge in [0.15, 0.2) is 23.5 Å². The first-order valence-electron chi connectivity index (χ1n) is 5.83. The molecule has 1 aliphatic rings. The van der Waals surface area contributed by atoms with Gasteiger partial charge in [0.05, 0.1) is 18.7 Å². The zero-order chi connectivity index (χ0) is 15.7. The third-order valence-electron chi connectivity index (χ3n) is 2.99. The number of rotatable bonds is 2. The summed E-state index contributed by atoms with van der Waals surface area (Å²) >= 11 is 0. The highest BCUT2D eigenvalue weighted by Crippen LogP contribution is 2.27. The minimum absolute atomic E-state index is 0.0399. The molecule has 0 aromatic heterocycles. The summed E-state index contributed by atoms with van der Waals surface area (Å²) in [6, 6.07) is 0.317. The van der Waals surface area contributed by atoms with E-state index in [1.807, 2.05) is 0 Å². The molecule has 0 radical (unpaired) electrons. The van der Waals surface area contributed by atoms with E-state index in [0.29, 0.717) is 6.07 Å². The summed E-state index contributed by atoms with van der Waals surface area (Å²) < 4.78 is 44.7. The quantitative estimate of drug-likeness (QED) is 0.787. The summed E-state index contributed by atoms with van der Waals surface area (Å²) in [4.78, 5) is 23.8. The Morgan fingerprint density at radius 3 is 2.57 bits per heavy atom. The molecule has 114 valence electrons. The molecule has 9 heteroatoms. The molecule has 1 atom stereocenters. The number of aromatic hydroxyl groups is 1. The van der Waals surface area contributed by atoms with E-state index in [2.05, 4.69) is 0 Å². The van der Waals surface area contributed by atoms with Gasteiger partial charge in [-0.3, -0.25) is 4.79 Å². The molecule has 0 aliphatic carbocycles. The highest BCUT2D eigenvalue weighted by molar-refractivity contribution is 5.95. The largest absolute Gasteiger partial charge is 0.503 e. The molecule has 2 N–H and O–H groups in total. The van der Waals surface area contributed by atoms with Crippen molar-refractivity contribution in [2.45, 2.75) is 6.10 Å². The Labute approximate surface area is 116 Å². The lowest BCUT2D eigenvalue weighted by molar-refractivity contribution is -0.154. The molecule has 0 bridgehead atoms. The maximum Gasteiger partial charge on any atom is 0.334 e. The van der Waals surface area contributed by atoms with E-state index in [1.165, 1.54) is 0 Å². The number of carbonyl (C=O) groups is 2. The number of hydrogen-bond acceptors (Lipinski definition) is 4. The second-order valence-electron chi connectivity index (χ2n) is 4.33. The Hall–Kier alpha value is -2.29. The molecule has 0 spiro atoms. The van der Waals surface area contributed by atoms with E-state index >= 15 is 0 Å². The molecule has 1 aromatic carbocycles. The summed E-state index contributed by atoms with van der Waals surface area (Å²) in [6.07, 6.45) is -1.29. The first-order chi connectivity index (χ1) is 9.82. The van der Waals surface area contributed by atoms with Crippen molar-refractivity contribution in [3.05, 3.63) is 29.1 Å². The number of phenols is 1. The van der Waals surface area contributed by atoms with Crippen molar-refractivity contribution in [2.75, 3.05) is 19.7 Å². The summed E-state index contributed by atoms with van der Waals surface area (Å²) in [7, 11) is 0. The van der Waals surface area contributed by atoms with E-state index in [9.17, 15) is 22.8 Å². The third-order valence-corrected chi connectivity index (χ3v) is 2.99. The van der Waals surface area contributed by atoms with Crippen LogP contribution in [0.4, 0.5) is 13.2 Å². The molecule has 6 nitrogen and oxygen atoms in total. The molecule has 21 heavy (non-hydrogen) atoms. The van der Waals surface area contributed by atoms with Gasteiger partial charge in [0.25, 0.3) is 5.91 Å². The van der Waals surface area contributed by atoms with Gasteiger partial charge in [-0.25, -0.2) is 13.6 Å². The van der Waals surface area contributed by atoms with Crippen LogP contribution in [0, 0.1) is 17.5 Å². The van der Waals surface area contributed by atoms with Crippen LogP contribution in [0.1, 0.15) is 10.4 Å². The molecular weight excluding hydrogens is 295 g/mol. The van der Waals surface area contributed by atoms with Crippen molar-refractivity contribution < 1.29 is 37.7 Å². The smallest absolute Gasteiger partial charge is 0.334 e. The maximum absolute atomic E-state index is 13.7. The predicted octanol–water partition coefficient (Wildman–Crippen LogP) is 0.735. The molecule has 1 heterocycles. The number of hydrogen-bond donors (Lipinski definition) is 2. The Morgan fingerprint density at radius 1 is 1.29 bits per heavy atom. The normalized spacial score (nSPS) is 18.6. The fourth-order valence-electron chi connectivity index (χ4n) is 1.90. The van der Waals surface area contributed by atoms with Crippen LogP contribution in [-0.2, 0) is 9.53 Å². The fourth-order valence-corrected chi connectivity index (χ4v) is 1.90. The maximum atomic E-state index is 13.7. The second-order valence-corrected chi connectivity index (χ2v) is 4.33. The molecule has 1 fully saturated rings. The Balaban J connectivity index is 2.30. The van der Waals surface area contributed by atoms with Crippen molar-refractivity contribution >= 4 is 11.9 Å². The number of morpholine rings is 1. The van der Waals surface area contributed by atoms with Gasteiger partial charge in [-0.05, 0) is 6.07 Å². The average Bonchev–Trinajstić information content (AvgIpc) is 2.48. The monoisotopic (exact) mass is 305 g/mol. The average molecular weight is 305 g/mol. The lowest BCUT2D eigenvalue weighted by atomic mass is 10.1. The standard InChI is InChI=1S/C12H10F3NO5/c13-6-3-5(8(14)10(17)9(6)15)11(18)16-1-2-21-7(4-16)12(19)20/h3,7,17H,1-2,4H2,(H,19,20). The summed E-state index contributed by atoms with van der Waals surface area (Å²) in [5, 5.41) is 17.9. The van der Waals surface area contributed by atoms with E-state index in [1.54, 1.807) is 0 Å². The van der Waals surface area contributed by atoms with Crippen LogP contribution < -0.4 is 0 Å². The van der Waals surface area contributed by atoms with Crippen LogP contribution in [-0.4, -0.2) is 52.8 Å². The van der Waals surface area contributed by atoms with Gasteiger partial charge >= 0.3 is 5.97 Å². The van der Waals surface area contributed by atoms with Crippen LogP contribution in [0.5, 0.6) is 5.75 Å². The molecule has 1 saturated heterocycles. The first-order valence-corrected chi connectivity index (χ1v) is 5.83. The van der Waals surface area contributed by atoms with Crippen LogP contribution >= 0.6 is 0 Å². The molecular formula is C12H10F3NO5. The van der Waals surface area contributed by atoms with Crippen molar-refractivity contribution in [1.82, 2.24) is 4.90 Å². The third kappa shape index (κ3) is 2.77. The van der Waals surface area contributed by atoms with Crippen molar-refractivity contribution in [3.8, 4) is 5.75 Å². The van der Waals surface area contributed by atoms with Crippen molar-refractivity contribution in [2.24, 2.45) is 0 Å². The summed E-state index contributed by atoms with van der Waals surface area (Å²) in [6.45, 7) is -0.505. The SMILES string of the molecule is O=C(O)C1CN(C(=O)c2cc(F)c(F)c(O)c2F)CCO1. The van der Waals surface area contributed by atoms with Crippen molar-refractivity contribution in [1.29, 1.82) is 0 Å². The molecule has 1 aliphatic heterocycles. The molecule has 0 saturated carbocycles. The molecule has 2 rings (SSSR count). The Morgan fingerprint density at radius 2 is 1.95 bits per heavy atom. The number of ether oxygens (including phenoxy) is 1. The van der Waals surface area contributed by atoms with Crippen LogP contribution in [0.2, 0.25) is 0 Å². The van der Waals surface area contributed by atoms with Gasteiger partial charge in [-0.2, -0.15) is 4.39 Å². The highest BCUT2D eigenvalue weighted by Gasteiger charge is 2.32. The van der Waals surface area contributed by atoms with Gasteiger partial charge in [-0.15, -0.1) is 0 Å². The molecule has 1 aromatic rings. The number of carboxylic acid groups (broad SMARTS) is 1. The van der Waals surface area contributed by atoms with Crippen molar-refractivity contribution in [3.63, 3.8) is 0 Å². The summed E-state index contributed by atoms with van der Waals surface area (Å²) in [5.41, 5.74) is -0.877. The van der Waals surface area contributed by atoms with E-state index in [0.717, 1.165) is 4.90 Å². The van der Waals surface area contributed by atoms with Crippen LogP contribution in [0.15, 0.2) is 6.07 Å². The lowest BCUT2D eigenvalue weighted by Gasteiger charge is -2.31. The van der Waals surface area contributed by atoms with Crippen LogP contribution in [0.25, 0.3) is 0 Å². The zero-order valence-electron chi connectivity index (χ0n) is 10.5. The topological polar surface area (TPSA) is 87.1 Å². The number of aliphatic carboxylic acids is 1. The van der Waals surface area contributed by atoms with Gasteiger partial charge in [0.2, 0.25) is 5.82 Å². The zero-order valence-corrected chi connectivity index (χ0v) is 10.5. The van der Waals surface area contributed by atoms with Gasteiger partial charge in [0, 0.05) is 6.54 Å². The predicted molar refractivity (Wildman–Crippen MR) is 61.3 cm³/mol. The van der Waals surface area contributed by atoms with E-state index in [-0.39, 0.29) is 19.7 Å². The number of halogens is 3. The number of nitrogens with zero attached hydrogens (tertiary/aromatic N) is 1. The van der Waals surface area contributed by atoms with Gasteiger partial charge in [-0.1, -0.05) is 0 Å². The van der Waals surface area contributed by atoms with Crippen LogP contribution in [0.3, 0.4) is 0 Å². The number of benzene rings is 1. The minimum atomic E-state index is -1.80. The first kappa shape index (κ1) is 15.1. The fraction of sp³-hybridized carbons (Fsp3) is 0.333. The number of carboxylic acids is 1. The van der Waals surface area contributed by atoms with E-state index < -0.39 is 46.7 Å². The summed E-state index contributed by atoms with van der Waals surface area (Å²) in [5.74, 6) is -8.94. The van der Waals surface area contributed by atoms with E-state index in [4.69, 9.17) is 14.9 Å².